The second kappa shape index (κ2) is 5.70. The van der Waals surface area contributed by atoms with Gasteiger partial charge in [0.05, 0.1) is 27.6 Å². The summed E-state index contributed by atoms with van der Waals surface area (Å²) in [4.78, 5) is 4.62. The van der Waals surface area contributed by atoms with E-state index in [2.05, 4.69) is 14.6 Å². The molecule has 110 valence electrons. The van der Waals surface area contributed by atoms with Crippen LogP contribution in [0.2, 0.25) is 5.02 Å². The molecule has 3 rings (SSSR count). The summed E-state index contributed by atoms with van der Waals surface area (Å²) in [5.74, 6) is 0.851. The summed E-state index contributed by atoms with van der Waals surface area (Å²) in [6, 6.07) is 5.76. The Labute approximate surface area is 133 Å². The first-order valence-electron chi connectivity index (χ1n) is 6.82. The average Bonchev–Trinajstić information content (AvgIpc) is 3.01. The second-order valence-corrected chi connectivity index (χ2v) is 6.18. The van der Waals surface area contributed by atoms with Gasteiger partial charge in [0.25, 0.3) is 0 Å². The molecule has 0 N–H and O–H groups in total. The van der Waals surface area contributed by atoms with E-state index in [0.717, 1.165) is 29.8 Å². The number of aromatic nitrogens is 4. The van der Waals surface area contributed by atoms with Crippen LogP contribution in [0.4, 0.5) is 0 Å². The number of para-hydroxylation sites is 1. The largest absolute Gasteiger partial charge is 0.325 e. The molecule has 1 aromatic carbocycles. The van der Waals surface area contributed by atoms with Crippen molar-refractivity contribution in [3.05, 3.63) is 47.0 Å². The molecule has 1 atom stereocenters. The van der Waals surface area contributed by atoms with Crippen LogP contribution >= 0.6 is 23.2 Å². The normalized spacial score (nSPS) is 13.0. The molecular weight excluding hydrogens is 307 g/mol. The molecule has 1 unspecified atom stereocenters. The van der Waals surface area contributed by atoms with Gasteiger partial charge in [-0.3, -0.25) is 4.68 Å². The summed E-state index contributed by atoms with van der Waals surface area (Å²) in [5.41, 5.74) is 3.02. The fourth-order valence-electron chi connectivity index (χ4n) is 2.53. The number of alkyl halides is 1. The Morgan fingerprint density at radius 3 is 2.81 bits per heavy atom. The van der Waals surface area contributed by atoms with Gasteiger partial charge in [0, 0.05) is 19.8 Å². The predicted octanol–water partition coefficient (Wildman–Crippen LogP) is 3.97. The van der Waals surface area contributed by atoms with Crippen LogP contribution in [0.3, 0.4) is 0 Å². The molecule has 6 heteroatoms. The molecule has 0 spiro atoms. The van der Waals surface area contributed by atoms with Gasteiger partial charge >= 0.3 is 0 Å². The van der Waals surface area contributed by atoms with Gasteiger partial charge in [0.15, 0.2) is 0 Å². The maximum atomic E-state index is 6.35. The number of imidazole rings is 1. The number of nitrogens with zero attached hydrogens (tertiary/aromatic N) is 4. The fraction of sp³-hybridized carbons (Fsp3) is 0.333. The number of rotatable bonds is 4. The summed E-state index contributed by atoms with van der Waals surface area (Å²) in [6.07, 6.45) is 4.76. The molecular formula is C15H16Cl2N4. The SMILES string of the molecule is CC(Cl)c1nc2cccc(Cl)c2n1CCc1cnn(C)c1. The van der Waals surface area contributed by atoms with E-state index >= 15 is 0 Å². The van der Waals surface area contributed by atoms with Crippen molar-refractivity contribution in [1.29, 1.82) is 0 Å². The zero-order chi connectivity index (χ0) is 15.0. The third kappa shape index (κ3) is 2.78. The highest BCUT2D eigenvalue weighted by atomic mass is 35.5. The smallest absolute Gasteiger partial charge is 0.127 e. The van der Waals surface area contributed by atoms with Crippen LogP contribution in [0.5, 0.6) is 0 Å². The van der Waals surface area contributed by atoms with Crippen LogP contribution in [0.25, 0.3) is 11.0 Å². The first kappa shape index (κ1) is 14.4. The molecule has 0 fully saturated rings. The van der Waals surface area contributed by atoms with Crippen molar-refractivity contribution in [2.24, 2.45) is 7.05 Å². The monoisotopic (exact) mass is 322 g/mol. The first-order valence-corrected chi connectivity index (χ1v) is 7.64. The number of hydrogen-bond donors (Lipinski definition) is 0. The Morgan fingerprint density at radius 2 is 2.14 bits per heavy atom. The minimum atomic E-state index is -0.164. The van der Waals surface area contributed by atoms with Gasteiger partial charge in [-0.2, -0.15) is 5.10 Å². The second-order valence-electron chi connectivity index (χ2n) is 5.12. The molecule has 0 radical (unpaired) electrons. The highest BCUT2D eigenvalue weighted by Gasteiger charge is 2.16. The van der Waals surface area contributed by atoms with Crippen molar-refractivity contribution in [2.45, 2.75) is 25.3 Å². The Bertz CT molecular complexity index is 773. The van der Waals surface area contributed by atoms with E-state index in [1.807, 2.05) is 44.6 Å². The average molecular weight is 323 g/mol. The van der Waals surface area contributed by atoms with E-state index in [9.17, 15) is 0 Å². The standard InChI is InChI=1S/C15H16Cl2N4/c1-10(16)15-19-13-5-3-4-12(17)14(13)21(15)7-6-11-8-18-20(2)9-11/h3-5,8-10H,6-7H2,1-2H3. The lowest BCUT2D eigenvalue weighted by molar-refractivity contribution is 0.667. The molecule has 3 aromatic rings. The molecule has 0 saturated carbocycles. The summed E-state index contributed by atoms with van der Waals surface area (Å²) in [7, 11) is 1.92. The summed E-state index contributed by atoms with van der Waals surface area (Å²) >= 11 is 12.6. The van der Waals surface area contributed by atoms with Crippen LogP contribution in [-0.2, 0) is 20.0 Å². The third-order valence-corrected chi connectivity index (χ3v) is 3.99. The van der Waals surface area contributed by atoms with E-state index in [-0.39, 0.29) is 5.38 Å². The van der Waals surface area contributed by atoms with Crippen molar-refractivity contribution in [1.82, 2.24) is 19.3 Å². The number of fused-ring (bicyclic) bond motifs is 1. The van der Waals surface area contributed by atoms with Crippen LogP contribution < -0.4 is 0 Å². The highest BCUT2D eigenvalue weighted by molar-refractivity contribution is 6.35. The molecule has 21 heavy (non-hydrogen) atoms. The number of aryl methyl sites for hydroxylation is 3. The van der Waals surface area contributed by atoms with Gasteiger partial charge in [-0.15, -0.1) is 11.6 Å². The van der Waals surface area contributed by atoms with Crippen molar-refractivity contribution in [2.75, 3.05) is 0 Å². The minimum absolute atomic E-state index is 0.164. The quantitative estimate of drug-likeness (QED) is 0.681. The van der Waals surface area contributed by atoms with Gasteiger partial charge < -0.3 is 4.57 Å². The summed E-state index contributed by atoms with van der Waals surface area (Å²) < 4.78 is 3.92. The van der Waals surface area contributed by atoms with Crippen molar-refractivity contribution < 1.29 is 0 Å². The van der Waals surface area contributed by atoms with Crippen LogP contribution in [-0.4, -0.2) is 19.3 Å². The molecule has 2 aromatic heterocycles. The summed E-state index contributed by atoms with van der Waals surface area (Å²) in [6.45, 7) is 2.70. The Kier molecular flexibility index (Phi) is 3.91. The van der Waals surface area contributed by atoms with E-state index < -0.39 is 0 Å². The zero-order valence-corrected chi connectivity index (χ0v) is 13.4. The molecule has 0 aliphatic carbocycles. The molecule has 0 bridgehead atoms. The molecule has 0 aliphatic heterocycles. The molecule has 2 heterocycles. The number of halogens is 2. The number of hydrogen-bond acceptors (Lipinski definition) is 2. The lowest BCUT2D eigenvalue weighted by Crippen LogP contribution is -2.07. The molecule has 0 saturated heterocycles. The Hall–Kier alpha value is -1.52. The van der Waals surface area contributed by atoms with Crippen LogP contribution in [0.15, 0.2) is 30.6 Å². The molecule has 0 amide bonds. The minimum Gasteiger partial charge on any atom is -0.325 e. The molecule has 0 aliphatic rings. The predicted molar refractivity (Wildman–Crippen MR) is 85.9 cm³/mol. The summed E-state index contributed by atoms with van der Waals surface area (Å²) in [5, 5.41) is 4.73. The van der Waals surface area contributed by atoms with E-state index in [1.54, 1.807) is 4.68 Å². The van der Waals surface area contributed by atoms with Gasteiger partial charge in [-0.05, 0) is 31.0 Å². The fourth-order valence-corrected chi connectivity index (χ4v) is 2.97. The maximum Gasteiger partial charge on any atom is 0.127 e. The van der Waals surface area contributed by atoms with Gasteiger partial charge in [-0.1, -0.05) is 17.7 Å². The molecule has 4 nitrogen and oxygen atoms in total. The third-order valence-electron chi connectivity index (χ3n) is 3.49. The van der Waals surface area contributed by atoms with Crippen molar-refractivity contribution in [3.8, 4) is 0 Å². The van der Waals surface area contributed by atoms with Crippen molar-refractivity contribution >= 4 is 34.2 Å². The van der Waals surface area contributed by atoms with Crippen LogP contribution in [0, 0.1) is 0 Å². The van der Waals surface area contributed by atoms with E-state index in [1.165, 1.54) is 5.56 Å². The number of benzene rings is 1. The lowest BCUT2D eigenvalue weighted by Gasteiger charge is -2.10. The lowest BCUT2D eigenvalue weighted by atomic mass is 10.2. The van der Waals surface area contributed by atoms with Crippen molar-refractivity contribution in [3.63, 3.8) is 0 Å². The van der Waals surface area contributed by atoms with E-state index in [0.29, 0.717) is 5.02 Å². The first-order chi connectivity index (χ1) is 10.1. The topological polar surface area (TPSA) is 35.6 Å². The van der Waals surface area contributed by atoms with Gasteiger partial charge in [0.2, 0.25) is 0 Å². The van der Waals surface area contributed by atoms with Crippen LogP contribution in [0.1, 0.15) is 23.7 Å². The van der Waals surface area contributed by atoms with Gasteiger partial charge in [-0.25, -0.2) is 4.98 Å². The Balaban J connectivity index is 2.00. The maximum absolute atomic E-state index is 6.35. The zero-order valence-electron chi connectivity index (χ0n) is 11.9. The highest BCUT2D eigenvalue weighted by Crippen LogP contribution is 2.29. The van der Waals surface area contributed by atoms with Gasteiger partial charge in [0.1, 0.15) is 5.82 Å². The Morgan fingerprint density at radius 1 is 1.33 bits per heavy atom. The van der Waals surface area contributed by atoms with E-state index in [4.69, 9.17) is 23.2 Å².